The Morgan fingerprint density at radius 1 is 1.00 bits per heavy atom. The monoisotopic (exact) mass is 258 g/mol. The molecule has 0 saturated heterocycles. The molecule has 94 valence electrons. The van der Waals surface area contributed by atoms with E-state index in [1.807, 2.05) is 0 Å². The SMILES string of the molecule is O=C(c1ccc(F)cc1)c1cc2cccc(F)c2o1. The Balaban J connectivity index is 2.06. The summed E-state index contributed by atoms with van der Waals surface area (Å²) in [5, 5.41) is 0.519. The molecule has 2 nitrogen and oxygen atoms in total. The summed E-state index contributed by atoms with van der Waals surface area (Å²) in [6.07, 6.45) is 0. The number of hydrogen-bond donors (Lipinski definition) is 0. The van der Waals surface area contributed by atoms with Gasteiger partial charge >= 0.3 is 0 Å². The number of carbonyl (C=O) groups is 1. The van der Waals surface area contributed by atoms with E-state index in [0.717, 1.165) is 0 Å². The molecule has 0 aliphatic heterocycles. The quantitative estimate of drug-likeness (QED) is 0.652. The summed E-state index contributed by atoms with van der Waals surface area (Å²) in [4.78, 5) is 12.1. The lowest BCUT2D eigenvalue weighted by Crippen LogP contribution is -1.99. The van der Waals surface area contributed by atoms with Crippen LogP contribution in [0.25, 0.3) is 11.0 Å². The second-order valence-corrected chi connectivity index (χ2v) is 4.10. The van der Waals surface area contributed by atoms with Crippen LogP contribution in [0.3, 0.4) is 0 Å². The van der Waals surface area contributed by atoms with Crippen LogP contribution < -0.4 is 0 Å². The maximum Gasteiger partial charge on any atom is 0.228 e. The molecule has 1 aromatic heterocycles. The molecule has 2 aromatic carbocycles. The van der Waals surface area contributed by atoms with Crippen molar-refractivity contribution in [1.29, 1.82) is 0 Å². The first-order valence-corrected chi connectivity index (χ1v) is 5.63. The average Bonchev–Trinajstić information content (AvgIpc) is 2.84. The summed E-state index contributed by atoms with van der Waals surface area (Å²) in [5.74, 6) is -1.31. The topological polar surface area (TPSA) is 30.2 Å². The number of hydrogen-bond acceptors (Lipinski definition) is 2. The average molecular weight is 258 g/mol. The molecule has 0 saturated carbocycles. The van der Waals surface area contributed by atoms with E-state index in [0.29, 0.717) is 10.9 Å². The Hall–Kier alpha value is -2.49. The van der Waals surface area contributed by atoms with Crippen molar-refractivity contribution in [2.24, 2.45) is 0 Å². The molecule has 0 atom stereocenters. The van der Waals surface area contributed by atoms with E-state index in [1.54, 1.807) is 12.1 Å². The first-order valence-electron chi connectivity index (χ1n) is 5.63. The molecule has 1 heterocycles. The Kier molecular flexibility index (Phi) is 2.63. The minimum atomic E-state index is -0.518. The van der Waals surface area contributed by atoms with E-state index in [9.17, 15) is 13.6 Å². The summed E-state index contributed by atoms with van der Waals surface area (Å²) in [7, 11) is 0. The minimum absolute atomic E-state index is 0.0340. The summed E-state index contributed by atoms with van der Waals surface area (Å²) in [5.41, 5.74) is 0.342. The summed E-state index contributed by atoms with van der Waals surface area (Å²) in [6.45, 7) is 0. The zero-order chi connectivity index (χ0) is 13.4. The number of halogens is 2. The normalized spacial score (nSPS) is 10.8. The van der Waals surface area contributed by atoms with Crippen LogP contribution in [0.1, 0.15) is 16.1 Å². The fourth-order valence-electron chi connectivity index (χ4n) is 1.88. The van der Waals surface area contributed by atoms with Crippen LogP contribution in [0.5, 0.6) is 0 Å². The molecule has 0 radical (unpaired) electrons. The van der Waals surface area contributed by atoms with Gasteiger partial charge in [-0.1, -0.05) is 12.1 Å². The molecule has 0 amide bonds. The maximum atomic E-state index is 13.5. The van der Waals surface area contributed by atoms with Crippen molar-refractivity contribution in [3.8, 4) is 0 Å². The first kappa shape index (κ1) is 11.6. The van der Waals surface area contributed by atoms with Gasteiger partial charge in [0.15, 0.2) is 17.2 Å². The van der Waals surface area contributed by atoms with E-state index >= 15 is 0 Å². The number of fused-ring (bicyclic) bond motifs is 1. The van der Waals surface area contributed by atoms with E-state index in [1.165, 1.54) is 36.4 Å². The molecule has 0 aliphatic rings. The molecule has 3 aromatic rings. The smallest absolute Gasteiger partial charge is 0.228 e. The molecule has 0 fully saturated rings. The Bertz CT molecular complexity index is 757. The third-order valence-electron chi connectivity index (χ3n) is 2.83. The van der Waals surface area contributed by atoms with Gasteiger partial charge in [0.1, 0.15) is 5.82 Å². The van der Waals surface area contributed by atoms with Crippen molar-refractivity contribution in [3.05, 3.63) is 71.5 Å². The van der Waals surface area contributed by atoms with Gasteiger partial charge in [-0.05, 0) is 36.4 Å². The van der Waals surface area contributed by atoms with Crippen molar-refractivity contribution in [1.82, 2.24) is 0 Å². The van der Waals surface area contributed by atoms with Gasteiger partial charge in [-0.15, -0.1) is 0 Å². The molecule has 19 heavy (non-hydrogen) atoms. The van der Waals surface area contributed by atoms with Crippen LogP contribution in [0.15, 0.2) is 52.9 Å². The largest absolute Gasteiger partial charge is 0.449 e. The highest BCUT2D eigenvalue weighted by molar-refractivity contribution is 6.08. The molecule has 4 heteroatoms. The van der Waals surface area contributed by atoms with Crippen LogP contribution in [0.4, 0.5) is 8.78 Å². The molecule has 0 aliphatic carbocycles. The number of para-hydroxylation sites is 1. The molecule has 3 rings (SSSR count). The summed E-state index contributed by atoms with van der Waals surface area (Å²) >= 11 is 0. The van der Waals surface area contributed by atoms with Crippen LogP contribution in [0.2, 0.25) is 0 Å². The zero-order valence-corrected chi connectivity index (χ0v) is 9.69. The van der Waals surface area contributed by atoms with Gasteiger partial charge < -0.3 is 4.42 Å². The van der Waals surface area contributed by atoms with Gasteiger partial charge in [-0.3, -0.25) is 4.79 Å². The predicted octanol–water partition coefficient (Wildman–Crippen LogP) is 3.94. The van der Waals surface area contributed by atoms with Gasteiger partial charge in [0.05, 0.1) is 0 Å². The minimum Gasteiger partial charge on any atom is -0.449 e. The lowest BCUT2D eigenvalue weighted by atomic mass is 10.1. The number of carbonyl (C=O) groups excluding carboxylic acids is 1. The zero-order valence-electron chi connectivity index (χ0n) is 9.69. The second kappa shape index (κ2) is 4.31. The Morgan fingerprint density at radius 3 is 2.42 bits per heavy atom. The van der Waals surface area contributed by atoms with Crippen molar-refractivity contribution in [2.75, 3.05) is 0 Å². The van der Waals surface area contributed by atoms with Crippen molar-refractivity contribution < 1.29 is 18.0 Å². The molecule has 0 N–H and O–H groups in total. The van der Waals surface area contributed by atoms with E-state index < -0.39 is 17.4 Å². The van der Waals surface area contributed by atoms with Crippen LogP contribution >= 0.6 is 0 Å². The van der Waals surface area contributed by atoms with Gasteiger partial charge in [0, 0.05) is 10.9 Å². The van der Waals surface area contributed by atoms with Gasteiger partial charge in [-0.2, -0.15) is 0 Å². The van der Waals surface area contributed by atoms with Crippen molar-refractivity contribution >= 4 is 16.8 Å². The highest BCUT2D eigenvalue weighted by Crippen LogP contribution is 2.23. The maximum absolute atomic E-state index is 13.5. The number of benzene rings is 2. The summed E-state index contributed by atoms with van der Waals surface area (Å²) < 4.78 is 31.5. The lowest BCUT2D eigenvalue weighted by molar-refractivity contribution is 0.101. The third kappa shape index (κ3) is 2.01. The Morgan fingerprint density at radius 2 is 1.74 bits per heavy atom. The number of ketones is 1. The fourth-order valence-corrected chi connectivity index (χ4v) is 1.88. The van der Waals surface area contributed by atoms with Crippen LogP contribution in [0, 0.1) is 11.6 Å². The fraction of sp³-hybridized carbons (Fsp3) is 0. The van der Waals surface area contributed by atoms with Crippen LogP contribution in [-0.2, 0) is 0 Å². The molecule has 0 bridgehead atoms. The Labute approximate surface area is 107 Å². The molecular formula is C15H8F2O2. The molecule has 0 spiro atoms. The summed E-state index contributed by atoms with van der Waals surface area (Å²) in [6, 6.07) is 11.0. The van der Waals surface area contributed by atoms with Gasteiger partial charge in [-0.25, -0.2) is 8.78 Å². The lowest BCUT2D eigenvalue weighted by Gasteiger charge is -1.96. The van der Waals surface area contributed by atoms with Gasteiger partial charge in [0.25, 0.3) is 0 Å². The second-order valence-electron chi connectivity index (χ2n) is 4.10. The van der Waals surface area contributed by atoms with Crippen LogP contribution in [-0.4, -0.2) is 5.78 Å². The molecular weight excluding hydrogens is 250 g/mol. The predicted molar refractivity (Wildman–Crippen MR) is 66.0 cm³/mol. The highest BCUT2D eigenvalue weighted by atomic mass is 19.1. The number of furan rings is 1. The van der Waals surface area contributed by atoms with E-state index in [4.69, 9.17) is 4.42 Å². The highest BCUT2D eigenvalue weighted by Gasteiger charge is 2.16. The van der Waals surface area contributed by atoms with Crippen molar-refractivity contribution in [3.63, 3.8) is 0 Å². The van der Waals surface area contributed by atoms with Crippen molar-refractivity contribution in [2.45, 2.75) is 0 Å². The third-order valence-corrected chi connectivity index (χ3v) is 2.83. The number of rotatable bonds is 2. The van der Waals surface area contributed by atoms with E-state index in [-0.39, 0.29) is 11.3 Å². The van der Waals surface area contributed by atoms with E-state index in [2.05, 4.69) is 0 Å². The molecule has 0 unspecified atom stereocenters. The standard InChI is InChI=1S/C15H8F2O2/c16-11-6-4-9(5-7-11)14(18)13-8-10-2-1-3-12(17)15(10)19-13/h1-8H. The van der Waals surface area contributed by atoms with Gasteiger partial charge in [0.2, 0.25) is 5.78 Å². The first-order chi connectivity index (χ1) is 9.15.